The van der Waals surface area contributed by atoms with Crippen LogP contribution in [0.3, 0.4) is 0 Å². The van der Waals surface area contributed by atoms with Crippen molar-refractivity contribution in [1.29, 1.82) is 0 Å². The van der Waals surface area contributed by atoms with Gasteiger partial charge in [-0.1, -0.05) is 53.5 Å². The maximum atomic E-state index is 13.9. The number of carbonyl (C=O) groups is 3. The lowest BCUT2D eigenvalue weighted by molar-refractivity contribution is -0.121. The minimum absolute atomic E-state index is 0.0320. The maximum absolute atomic E-state index is 13.9. The molecule has 1 heterocycles. The van der Waals surface area contributed by atoms with Crippen LogP contribution in [-0.4, -0.2) is 62.7 Å². The van der Waals surface area contributed by atoms with Crippen molar-refractivity contribution >= 4 is 69.5 Å². The Morgan fingerprint density at radius 1 is 0.978 bits per heavy atom. The van der Waals surface area contributed by atoms with E-state index in [1.165, 1.54) is 16.0 Å². The number of halogens is 2. The van der Waals surface area contributed by atoms with Gasteiger partial charge in [0.1, 0.15) is 5.75 Å². The standard InChI is InChI=1S/C33H32Cl2N6O5/c1-33(2)30(41(46)31(44)37-24-14-10-22(34)11-15-24)40(25-16-12-23(35)13-17-25)32(45)39(33)19-5-8-29(43)38-36-20-27-26-7-4-3-6-21(26)9-18-28(27)42/h3-4,6-7,9-18,20,30,42,46H,5,8,19H2,1-2H3,(H,37,44)(H,38,43)/b36-20+/t30-/m1/s1. The van der Waals surface area contributed by atoms with Gasteiger partial charge in [-0.25, -0.2) is 15.0 Å². The van der Waals surface area contributed by atoms with Gasteiger partial charge in [-0.2, -0.15) is 10.2 Å². The Hall–Kier alpha value is -4.84. The molecule has 238 valence electrons. The van der Waals surface area contributed by atoms with Crippen LogP contribution in [0.15, 0.2) is 90.0 Å². The molecule has 0 spiro atoms. The van der Waals surface area contributed by atoms with Crippen LogP contribution in [0.25, 0.3) is 10.8 Å². The van der Waals surface area contributed by atoms with E-state index in [1.807, 2.05) is 24.3 Å². The van der Waals surface area contributed by atoms with E-state index >= 15 is 0 Å². The second-order valence-electron chi connectivity index (χ2n) is 11.2. The molecule has 0 radical (unpaired) electrons. The van der Waals surface area contributed by atoms with Gasteiger partial charge in [0.05, 0.1) is 11.8 Å². The van der Waals surface area contributed by atoms with Crippen LogP contribution < -0.4 is 15.6 Å². The minimum atomic E-state index is -1.15. The van der Waals surface area contributed by atoms with Gasteiger partial charge in [0.25, 0.3) is 0 Å². The van der Waals surface area contributed by atoms with E-state index in [0.717, 1.165) is 10.8 Å². The number of fused-ring (bicyclic) bond motifs is 1. The summed E-state index contributed by atoms with van der Waals surface area (Å²) in [6.45, 7) is 3.59. The van der Waals surface area contributed by atoms with Crippen LogP contribution in [0, 0.1) is 0 Å². The van der Waals surface area contributed by atoms with Gasteiger partial charge in [0, 0.05) is 39.9 Å². The van der Waals surface area contributed by atoms with E-state index in [9.17, 15) is 24.7 Å². The summed E-state index contributed by atoms with van der Waals surface area (Å²) in [4.78, 5) is 42.5. The van der Waals surface area contributed by atoms with Gasteiger partial charge in [0.15, 0.2) is 6.17 Å². The normalized spacial score (nSPS) is 15.8. The fourth-order valence-electron chi connectivity index (χ4n) is 5.45. The minimum Gasteiger partial charge on any atom is -0.507 e. The van der Waals surface area contributed by atoms with Crippen LogP contribution in [-0.2, 0) is 4.79 Å². The lowest BCUT2D eigenvalue weighted by atomic mass is 9.99. The average Bonchev–Trinajstić information content (AvgIpc) is 3.23. The van der Waals surface area contributed by atoms with Gasteiger partial charge in [-0.05, 0) is 85.6 Å². The number of aromatic hydroxyl groups is 1. The Balaban J connectivity index is 1.28. The van der Waals surface area contributed by atoms with E-state index in [4.69, 9.17) is 23.2 Å². The van der Waals surface area contributed by atoms with Gasteiger partial charge < -0.3 is 15.3 Å². The molecule has 4 aromatic rings. The van der Waals surface area contributed by atoms with Crippen LogP contribution in [0.2, 0.25) is 10.0 Å². The predicted molar refractivity (Wildman–Crippen MR) is 179 cm³/mol. The van der Waals surface area contributed by atoms with E-state index in [2.05, 4.69) is 15.8 Å². The maximum Gasteiger partial charge on any atom is 0.347 e. The summed E-state index contributed by atoms with van der Waals surface area (Å²) in [6.07, 6.45) is 0.534. The van der Waals surface area contributed by atoms with Gasteiger partial charge in [-0.15, -0.1) is 0 Å². The van der Waals surface area contributed by atoms with Crippen LogP contribution in [0.1, 0.15) is 32.3 Å². The Bertz CT molecular complexity index is 1780. The summed E-state index contributed by atoms with van der Waals surface area (Å²) in [7, 11) is 0. The second-order valence-corrected chi connectivity index (χ2v) is 12.1. The number of nitrogens with zero attached hydrogens (tertiary/aromatic N) is 4. The Kier molecular flexibility index (Phi) is 9.66. The molecule has 0 saturated carbocycles. The molecule has 4 N–H and O–H groups in total. The highest BCUT2D eigenvalue weighted by Gasteiger charge is 2.55. The van der Waals surface area contributed by atoms with Crippen molar-refractivity contribution in [1.82, 2.24) is 15.4 Å². The number of hydroxylamine groups is 2. The SMILES string of the molecule is CC1(C)[C@@H](N(O)C(=O)Nc2ccc(Cl)cc2)N(c2ccc(Cl)cc2)C(=O)N1CCCC(=O)N/N=C/c1c(O)ccc2ccccc12. The first-order valence-corrected chi connectivity index (χ1v) is 15.2. The lowest BCUT2D eigenvalue weighted by Crippen LogP contribution is -2.58. The number of benzene rings is 4. The first kappa shape index (κ1) is 32.6. The summed E-state index contributed by atoms with van der Waals surface area (Å²) >= 11 is 12.0. The number of phenolic OH excluding ortho intramolecular Hbond substituents is 1. The summed E-state index contributed by atoms with van der Waals surface area (Å²) in [6, 6.07) is 22.3. The highest BCUT2D eigenvalue weighted by molar-refractivity contribution is 6.31. The third kappa shape index (κ3) is 6.86. The molecular weight excluding hydrogens is 631 g/mol. The molecule has 1 aliphatic heterocycles. The molecule has 0 bridgehead atoms. The smallest absolute Gasteiger partial charge is 0.347 e. The van der Waals surface area contributed by atoms with Crippen molar-refractivity contribution in [3.8, 4) is 5.75 Å². The molecule has 1 saturated heterocycles. The number of amides is 5. The molecule has 0 aliphatic carbocycles. The predicted octanol–water partition coefficient (Wildman–Crippen LogP) is 7.05. The monoisotopic (exact) mass is 662 g/mol. The molecule has 4 aromatic carbocycles. The Morgan fingerprint density at radius 3 is 2.33 bits per heavy atom. The quantitative estimate of drug-likeness (QED) is 0.0864. The van der Waals surface area contributed by atoms with Crippen molar-refractivity contribution in [2.75, 3.05) is 16.8 Å². The lowest BCUT2D eigenvalue weighted by Gasteiger charge is -2.38. The highest BCUT2D eigenvalue weighted by atomic mass is 35.5. The zero-order chi connectivity index (χ0) is 33.0. The zero-order valence-corrected chi connectivity index (χ0v) is 26.5. The number of nitrogens with one attached hydrogen (secondary N) is 2. The number of carbonyl (C=O) groups excluding carboxylic acids is 3. The molecule has 13 heteroatoms. The molecule has 1 fully saturated rings. The van der Waals surface area contributed by atoms with E-state index in [-0.39, 0.29) is 25.1 Å². The van der Waals surface area contributed by atoms with Crippen LogP contribution in [0.5, 0.6) is 5.75 Å². The van der Waals surface area contributed by atoms with Crippen molar-refractivity contribution < 1.29 is 24.7 Å². The highest BCUT2D eigenvalue weighted by Crippen LogP contribution is 2.38. The number of rotatable bonds is 9. The number of hydrogen-bond donors (Lipinski definition) is 4. The molecule has 1 aliphatic rings. The molecule has 11 nitrogen and oxygen atoms in total. The third-order valence-corrected chi connectivity index (χ3v) is 8.27. The molecule has 0 aromatic heterocycles. The number of hydrazone groups is 1. The Morgan fingerprint density at radius 2 is 1.63 bits per heavy atom. The number of anilines is 2. The van der Waals surface area contributed by atoms with Crippen molar-refractivity contribution in [2.24, 2.45) is 5.10 Å². The number of hydrogen-bond acceptors (Lipinski definition) is 6. The molecule has 5 rings (SSSR count). The van der Waals surface area contributed by atoms with E-state index < -0.39 is 29.7 Å². The second kappa shape index (κ2) is 13.7. The van der Waals surface area contributed by atoms with Gasteiger partial charge in [-0.3, -0.25) is 14.9 Å². The number of urea groups is 2. The molecule has 1 atom stereocenters. The topological polar surface area (TPSA) is 138 Å². The molecule has 0 unspecified atom stereocenters. The average molecular weight is 664 g/mol. The largest absolute Gasteiger partial charge is 0.507 e. The van der Waals surface area contributed by atoms with Crippen LogP contribution >= 0.6 is 23.2 Å². The molecular formula is C33H32Cl2N6O5. The van der Waals surface area contributed by atoms with Gasteiger partial charge >= 0.3 is 12.1 Å². The Labute approximate surface area is 275 Å². The summed E-state index contributed by atoms with van der Waals surface area (Å²) in [5, 5.41) is 31.3. The first-order chi connectivity index (χ1) is 22.0. The fraction of sp³-hybridized carbons (Fsp3) is 0.212. The van der Waals surface area contributed by atoms with Gasteiger partial charge in [0.2, 0.25) is 5.91 Å². The van der Waals surface area contributed by atoms with Crippen molar-refractivity contribution in [3.63, 3.8) is 0 Å². The summed E-state index contributed by atoms with van der Waals surface area (Å²) in [5.41, 5.74) is 2.65. The molecule has 5 amide bonds. The number of phenols is 1. The van der Waals surface area contributed by atoms with Crippen LogP contribution in [0.4, 0.5) is 21.0 Å². The fourth-order valence-corrected chi connectivity index (χ4v) is 5.70. The first-order valence-electron chi connectivity index (χ1n) is 14.4. The van der Waals surface area contributed by atoms with E-state index in [1.54, 1.807) is 74.5 Å². The molecule has 46 heavy (non-hydrogen) atoms. The zero-order valence-electron chi connectivity index (χ0n) is 25.0. The van der Waals surface area contributed by atoms with Crippen molar-refractivity contribution in [3.05, 3.63) is 101 Å². The van der Waals surface area contributed by atoms with Crippen molar-refractivity contribution in [2.45, 2.75) is 38.4 Å². The third-order valence-electron chi connectivity index (χ3n) is 7.77. The summed E-state index contributed by atoms with van der Waals surface area (Å²) in [5.74, 6) is -0.358. The summed E-state index contributed by atoms with van der Waals surface area (Å²) < 4.78 is 0. The van der Waals surface area contributed by atoms with E-state index in [0.29, 0.717) is 32.0 Å².